The number of aromatic nitrogens is 2. The van der Waals surface area contributed by atoms with Crippen LogP contribution in [0.2, 0.25) is 5.02 Å². The van der Waals surface area contributed by atoms with Gasteiger partial charge < -0.3 is 14.4 Å². The first-order chi connectivity index (χ1) is 17.4. The van der Waals surface area contributed by atoms with Crippen LogP contribution in [0.25, 0.3) is 5.69 Å². The fourth-order valence-corrected chi connectivity index (χ4v) is 4.98. The molecular formula is C26H22ClF2N3O3S. The van der Waals surface area contributed by atoms with Gasteiger partial charge in [-0.1, -0.05) is 29.4 Å². The van der Waals surface area contributed by atoms with Gasteiger partial charge >= 0.3 is 0 Å². The Balaban J connectivity index is 1.69. The number of anilines is 1. The molecule has 10 heteroatoms. The van der Waals surface area contributed by atoms with Gasteiger partial charge in [-0.25, -0.2) is 13.8 Å². The number of benzene rings is 3. The van der Waals surface area contributed by atoms with Crippen molar-refractivity contribution in [2.45, 2.75) is 17.5 Å². The molecule has 0 bridgehead atoms. The molecule has 36 heavy (non-hydrogen) atoms. The second-order valence-electron chi connectivity index (χ2n) is 7.61. The number of rotatable bonds is 10. The first kappa shape index (κ1) is 25.5. The lowest BCUT2D eigenvalue weighted by Crippen LogP contribution is -2.22. The molecule has 0 spiro atoms. The van der Waals surface area contributed by atoms with Crippen LogP contribution < -0.4 is 14.4 Å². The zero-order valence-corrected chi connectivity index (χ0v) is 21.0. The van der Waals surface area contributed by atoms with Crippen LogP contribution in [0.5, 0.6) is 11.5 Å². The summed E-state index contributed by atoms with van der Waals surface area (Å²) in [5.41, 5.74) is 2.25. The summed E-state index contributed by atoms with van der Waals surface area (Å²) in [6.45, 7) is 0.157. The molecule has 4 rings (SSSR count). The SMILES string of the molecule is COc1ccc(N(C=O)Cc2cnc(SCc3c(F)cccc3Cl)n2-c2ccc(F)cc2)cc1OC. The highest BCUT2D eigenvalue weighted by molar-refractivity contribution is 7.98. The number of hydrogen-bond acceptors (Lipinski definition) is 5. The van der Waals surface area contributed by atoms with Gasteiger partial charge in [0.2, 0.25) is 6.41 Å². The minimum absolute atomic E-state index is 0.157. The zero-order valence-electron chi connectivity index (χ0n) is 19.5. The zero-order chi connectivity index (χ0) is 25.7. The molecule has 0 saturated carbocycles. The molecule has 6 nitrogen and oxygen atoms in total. The van der Waals surface area contributed by atoms with Crippen LogP contribution in [0.1, 0.15) is 11.3 Å². The second-order valence-corrected chi connectivity index (χ2v) is 8.96. The van der Waals surface area contributed by atoms with E-state index in [1.165, 1.54) is 49.1 Å². The van der Waals surface area contributed by atoms with Gasteiger partial charge in [-0.2, -0.15) is 0 Å². The Bertz CT molecular complexity index is 1350. The lowest BCUT2D eigenvalue weighted by Gasteiger charge is -2.20. The molecule has 0 saturated heterocycles. The van der Waals surface area contributed by atoms with Gasteiger partial charge in [-0.05, 0) is 48.5 Å². The number of hydrogen-bond donors (Lipinski definition) is 0. The molecule has 0 unspecified atom stereocenters. The van der Waals surface area contributed by atoms with Crippen molar-refractivity contribution in [2.75, 3.05) is 19.1 Å². The number of ether oxygens (including phenoxy) is 2. The van der Waals surface area contributed by atoms with Gasteiger partial charge in [0.05, 0.1) is 32.7 Å². The summed E-state index contributed by atoms with van der Waals surface area (Å²) in [6.07, 6.45) is 2.33. The van der Waals surface area contributed by atoms with Crippen LogP contribution in [0.3, 0.4) is 0 Å². The molecule has 186 valence electrons. The predicted octanol–water partition coefficient (Wildman–Crippen LogP) is 6.28. The Morgan fingerprint density at radius 1 is 1.06 bits per heavy atom. The molecule has 1 aromatic heterocycles. The highest BCUT2D eigenvalue weighted by Crippen LogP contribution is 2.33. The van der Waals surface area contributed by atoms with Crippen molar-refractivity contribution in [2.24, 2.45) is 0 Å². The van der Waals surface area contributed by atoms with Crippen LogP contribution in [0.15, 0.2) is 72.0 Å². The minimum atomic E-state index is -0.407. The monoisotopic (exact) mass is 529 g/mol. The number of imidazole rings is 1. The van der Waals surface area contributed by atoms with Crippen molar-refractivity contribution in [1.29, 1.82) is 0 Å². The van der Waals surface area contributed by atoms with E-state index in [0.29, 0.717) is 50.7 Å². The van der Waals surface area contributed by atoms with E-state index in [4.69, 9.17) is 21.1 Å². The van der Waals surface area contributed by atoms with E-state index in [-0.39, 0.29) is 18.1 Å². The maximum absolute atomic E-state index is 14.3. The third-order valence-electron chi connectivity index (χ3n) is 5.45. The van der Waals surface area contributed by atoms with E-state index in [1.54, 1.807) is 53.2 Å². The van der Waals surface area contributed by atoms with Gasteiger partial charge in [0.1, 0.15) is 11.6 Å². The van der Waals surface area contributed by atoms with Gasteiger partial charge in [0, 0.05) is 33.8 Å². The number of carbonyl (C=O) groups excluding carboxylic acids is 1. The van der Waals surface area contributed by atoms with Crippen molar-refractivity contribution >= 4 is 35.5 Å². The third-order valence-corrected chi connectivity index (χ3v) is 6.79. The van der Waals surface area contributed by atoms with Crippen LogP contribution >= 0.6 is 23.4 Å². The fourth-order valence-electron chi connectivity index (χ4n) is 3.62. The average Bonchev–Trinajstić information content (AvgIpc) is 3.29. The highest BCUT2D eigenvalue weighted by Gasteiger charge is 2.18. The molecule has 3 aromatic carbocycles. The lowest BCUT2D eigenvalue weighted by atomic mass is 10.2. The number of carbonyl (C=O) groups is 1. The largest absolute Gasteiger partial charge is 0.493 e. The van der Waals surface area contributed by atoms with Crippen LogP contribution in [0.4, 0.5) is 14.5 Å². The van der Waals surface area contributed by atoms with Gasteiger partial charge in [-0.15, -0.1) is 0 Å². The van der Waals surface area contributed by atoms with Crippen molar-refractivity contribution in [3.05, 3.63) is 94.8 Å². The molecule has 0 atom stereocenters. The lowest BCUT2D eigenvalue weighted by molar-refractivity contribution is -0.107. The molecule has 0 fully saturated rings. The number of halogens is 3. The molecule has 0 aliphatic heterocycles. The molecule has 4 aromatic rings. The van der Waals surface area contributed by atoms with E-state index in [1.807, 2.05) is 0 Å². The average molecular weight is 530 g/mol. The number of methoxy groups -OCH3 is 2. The maximum Gasteiger partial charge on any atom is 0.214 e. The molecule has 0 radical (unpaired) electrons. The van der Waals surface area contributed by atoms with E-state index in [9.17, 15) is 13.6 Å². The summed E-state index contributed by atoms with van der Waals surface area (Å²) in [7, 11) is 3.05. The van der Waals surface area contributed by atoms with Crippen molar-refractivity contribution < 1.29 is 23.0 Å². The topological polar surface area (TPSA) is 56.6 Å². The van der Waals surface area contributed by atoms with Gasteiger partial charge in [0.25, 0.3) is 0 Å². The Hall–Kier alpha value is -3.56. The third kappa shape index (κ3) is 5.47. The first-order valence-corrected chi connectivity index (χ1v) is 12.1. The van der Waals surface area contributed by atoms with Crippen molar-refractivity contribution in [3.63, 3.8) is 0 Å². The summed E-state index contributed by atoms with van der Waals surface area (Å²) in [5, 5.41) is 0.859. The van der Waals surface area contributed by atoms with E-state index < -0.39 is 5.82 Å². The van der Waals surface area contributed by atoms with E-state index in [0.717, 1.165) is 0 Å². The van der Waals surface area contributed by atoms with E-state index >= 15 is 0 Å². The Labute approximate surface area is 216 Å². The highest BCUT2D eigenvalue weighted by atomic mass is 35.5. The summed E-state index contributed by atoms with van der Waals surface area (Å²) in [4.78, 5) is 18.1. The molecule has 0 N–H and O–H groups in total. The Morgan fingerprint density at radius 2 is 1.81 bits per heavy atom. The minimum Gasteiger partial charge on any atom is -0.493 e. The summed E-state index contributed by atoms with van der Waals surface area (Å²) < 4.78 is 40.4. The number of thioether (sulfide) groups is 1. The van der Waals surface area contributed by atoms with Gasteiger partial charge in [-0.3, -0.25) is 9.36 Å². The van der Waals surface area contributed by atoms with E-state index in [2.05, 4.69) is 4.98 Å². The second kappa shape index (κ2) is 11.5. The van der Waals surface area contributed by atoms with Crippen LogP contribution in [0, 0.1) is 11.6 Å². The summed E-state index contributed by atoms with van der Waals surface area (Å²) in [6, 6.07) is 15.6. The summed E-state index contributed by atoms with van der Waals surface area (Å²) in [5.74, 6) is 0.458. The first-order valence-electron chi connectivity index (χ1n) is 10.8. The fraction of sp³-hybridized carbons (Fsp3) is 0.154. The maximum atomic E-state index is 14.3. The quantitative estimate of drug-likeness (QED) is 0.179. The molecule has 1 heterocycles. The number of nitrogens with zero attached hydrogens (tertiary/aromatic N) is 3. The molecule has 1 amide bonds. The number of amides is 1. The Morgan fingerprint density at radius 3 is 2.47 bits per heavy atom. The predicted molar refractivity (Wildman–Crippen MR) is 136 cm³/mol. The van der Waals surface area contributed by atoms with Crippen molar-refractivity contribution in [3.8, 4) is 17.2 Å². The smallest absolute Gasteiger partial charge is 0.214 e. The molecular weight excluding hydrogens is 508 g/mol. The van der Waals surface area contributed by atoms with Crippen LogP contribution in [-0.4, -0.2) is 30.2 Å². The summed E-state index contributed by atoms with van der Waals surface area (Å²) >= 11 is 7.47. The molecule has 0 aliphatic carbocycles. The Kier molecular flexibility index (Phi) is 8.12. The molecule has 0 aliphatic rings. The van der Waals surface area contributed by atoms with Crippen LogP contribution in [-0.2, 0) is 17.1 Å². The van der Waals surface area contributed by atoms with Gasteiger partial charge in [0.15, 0.2) is 16.7 Å². The normalized spacial score (nSPS) is 10.8. The van der Waals surface area contributed by atoms with Crippen molar-refractivity contribution in [1.82, 2.24) is 9.55 Å². The standard InChI is InChI=1S/C26H22ClF2N3O3S/c1-34-24-11-10-19(12-25(24)35-2)31(16-33)14-20-13-30-26(32(20)18-8-6-17(28)7-9-18)36-15-21-22(27)4-3-5-23(21)29/h3-13,16H,14-15H2,1-2H3.